The Hall–Kier alpha value is -4.68. The lowest BCUT2D eigenvalue weighted by Crippen LogP contribution is -2.45. The average molecular weight is 767 g/mol. The molecule has 54 heavy (non-hydrogen) atoms. The predicted octanol–water partition coefficient (Wildman–Crippen LogP) is 7.60. The van der Waals surface area contributed by atoms with Crippen LogP contribution in [0.4, 0.5) is 15.5 Å². The zero-order chi connectivity index (χ0) is 38.2. The minimum atomic E-state index is -3.56. The van der Waals surface area contributed by atoms with Gasteiger partial charge in [-0.1, -0.05) is 91.3 Å². The van der Waals surface area contributed by atoms with Crippen molar-refractivity contribution in [3.63, 3.8) is 0 Å². The first-order valence-electron chi connectivity index (χ1n) is 18.4. The fourth-order valence-electron chi connectivity index (χ4n) is 8.46. The summed E-state index contributed by atoms with van der Waals surface area (Å²) in [6.45, 7) is 5.33. The van der Waals surface area contributed by atoms with Crippen LogP contribution in [0, 0.1) is 5.92 Å². The van der Waals surface area contributed by atoms with Gasteiger partial charge in [0.05, 0.1) is 42.8 Å². The van der Waals surface area contributed by atoms with Crippen LogP contribution in [0.25, 0.3) is 0 Å². The van der Waals surface area contributed by atoms with Gasteiger partial charge in [0.15, 0.2) is 5.60 Å². The lowest BCUT2D eigenvalue weighted by atomic mass is 9.82. The molecular formula is C42H44ClFN4O5Si. The second-order valence-corrected chi connectivity index (χ2v) is 19.1. The van der Waals surface area contributed by atoms with Crippen LogP contribution >= 0.6 is 11.6 Å². The third kappa shape index (κ3) is 7.13. The van der Waals surface area contributed by atoms with Crippen molar-refractivity contribution in [2.45, 2.75) is 69.6 Å². The smallest absolute Gasteiger partial charge is 0.264 e. The molecule has 0 bridgehead atoms. The number of nitrogens with zero attached hydrogens (tertiary/aromatic N) is 4. The van der Waals surface area contributed by atoms with Gasteiger partial charge in [0.1, 0.15) is 0 Å². The molecule has 3 aliphatic heterocycles. The lowest BCUT2D eigenvalue weighted by molar-refractivity contribution is -0.150. The van der Waals surface area contributed by atoms with Crippen LogP contribution in [0.1, 0.15) is 48.4 Å². The first-order valence-corrected chi connectivity index (χ1v) is 21.7. The zero-order valence-electron chi connectivity index (χ0n) is 30.6. The number of anilines is 2. The molecule has 280 valence electrons. The molecule has 1 saturated heterocycles. The van der Waals surface area contributed by atoms with Gasteiger partial charge in [-0.3, -0.25) is 14.4 Å². The highest BCUT2D eigenvalue weighted by Crippen LogP contribution is 2.60. The molecule has 1 fully saturated rings. The summed E-state index contributed by atoms with van der Waals surface area (Å²) in [4.78, 5) is 45.2. The zero-order valence-corrected chi connectivity index (χ0v) is 32.4. The van der Waals surface area contributed by atoms with Crippen molar-refractivity contribution in [2.24, 2.45) is 11.0 Å². The van der Waals surface area contributed by atoms with Crippen molar-refractivity contribution in [2.75, 3.05) is 23.1 Å². The van der Waals surface area contributed by atoms with E-state index in [1.54, 1.807) is 41.1 Å². The number of fused-ring (bicyclic) bond motifs is 2. The Morgan fingerprint density at radius 1 is 0.981 bits per heavy atom. The number of benzene rings is 4. The third-order valence-electron chi connectivity index (χ3n) is 10.9. The molecule has 3 amide bonds. The number of rotatable bonds is 11. The van der Waals surface area contributed by atoms with Gasteiger partial charge in [0.25, 0.3) is 5.91 Å². The summed E-state index contributed by atoms with van der Waals surface area (Å²) < 4.78 is 23.3. The molecule has 0 saturated carbocycles. The number of hydrogen-bond acceptors (Lipinski definition) is 6. The van der Waals surface area contributed by atoms with Crippen LogP contribution in [0.5, 0.6) is 0 Å². The van der Waals surface area contributed by atoms with Gasteiger partial charge in [0, 0.05) is 48.0 Å². The molecule has 1 N–H and O–H groups in total. The largest absolute Gasteiger partial charge is 0.395 e. The van der Waals surface area contributed by atoms with Gasteiger partial charge in [-0.2, -0.15) is 5.10 Å². The topological polar surface area (TPSA) is 103 Å². The monoisotopic (exact) mass is 766 g/mol. The van der Waals surface area contributed by atoms with Gasteiger partial charge < -0.3 is 23.8 Å². The Labute approximate surface area is 321 Å². The molecule has 3 aliphatic rings. The molecule has 1 spiro atoms. The summed E-state index contributed by atoms with van der Waals surface area (Å²) in [5, 5.41) is 16.4. The van der Waals surface area contributed by atoms with Crippen molar-refractivity contribution in [1.82, 2.24) is 4.90 Å². The van der Waals surface area contributed by atoms with Crippen LogP contribution in [-0.2, 0) is 37.8 Å². The van der Waals surface area contributed by atoms with E-state index in [0.29, 0.717) is 34.8 Å². The predicted molar refractivity (Wildman–Crippen MR) is 210 cm³/mol. The van der Waals surface area contributed by atoms with Crippen LogP contribution in [-0.4, -0.2) is 61.1 Å². The maximum atomic E-state index is 16.5. The van der Waals surface area contributed by atoms with Gasteiger partial charge in [-0.25, -0.2) is 5.01 Å². The number of halogens is 2. The van der Waals surface area contributed by atoms with E-state index in [1.807, 2.05) is 91.9 Å². The van der Waals surface area contributed by atoms with Crippen molar-refractivity contribution in [3.8, 4) is 0 Å². The summed E-state index contributed by atoms with van der Waals surface area (Å²) in [6.07, 6.45) is -0.182. The molecule has 4 aromatic carbocycles. The van der Waals surface area contributed by atoms with Gasteiger partial charge in [0.2, 0.25) is 20.2 Å². The van der Waals surface area contributed by atoms with E-state index in [9.17, 15) is 19.5 Å². The maximum Gasteiger partial charge on any atom is 0.264 e. The quantitative estimate of drug-likeness (QED) is 0.125. The van der Waals surface area contributed by atoms with Crippen molar-refractivity contribution >= 4 is 54.8 Å². The molecule has 0 unspecified atom stereocenters. The molecule has 3 heterocycles. The maximum absolute atomic E-state index is 16.5. The highest BCUT2D eigenvalue weighted by molar-refractivity contribution is 6.72. The van der Waals surface area contributed by atoms with Crippen LogP contribution in [0.3, 0.4) is 0 Å². The van der Waals surface area contributed by atoms with Crippen LogP contribution < -0.4 is 9.91 Å². The number of ether oxygens (including phenoxy) is 1. The van der Waals surface area contributed by atoms with Gasteiger partial charge in [-0.15, -0.1) is 0 Å². The number of amides is 3. The van der Waals surface area contributed by atoms with Crippen molar-refractivity contribution in [1.29, 1.82) is 0 Å². The number of carbonyl (C=O) groups excluding carboxylic acids is 3. The SMILES string of the molecule is C[C@@H]1[C@@H]([Si](C)(C)F)[C@H](CC(=O)N(CCO)Cc2ccccc2)O[C@@]12C(=O)N(Cc1cccc(N3N=C(c4ccccc4)CCC3=O)c1)c1ccc(Cl)cc12. The second kappa shape index (κ2) is 15.2. The summed E-state index contributed by atoms with van der Waals surface area (Å²) in [6, 6.07) is 31.8. The molecular weight excluding hydrogens is 723 g/mol. The minimum absolute atomic E-state index is 0.106. The van der Waals surface area contributed by atoms with E-state index in [-0.39, 0.29) is 50.4 Å². The number of hydrogen-bond donors (Lipinski definition) is 1. The number of aliphatic hydroxyl groups excluding tert-OH is 1. The van der Waals surface area contributed by atoms with E-state index in [4.69, 9.17) is 21.4 Å². The summed E-state index contributed by atoms with van der Waals surface area (Å²) in [7, 11) is -3.56. The molecule has 0 radical (unpaired) electrons. The molecule has 0 aliphatic carbocycles. The number of aliphatic hydroxyl groups is 1. The molecule has 4 atom stereocenters. The number of hydrazone groups is 1. The lowest BCUT2D eigenvalue weighted by Gasteiger charge is -2.31. The van der Waals surface area contributed by atoms with Crippen molar-refractivity contribution in [3.05, 3.63) is 130 Å². The highest BCUT2D eigenvalue weighted by atomic mass is 35.5. The van der Waals surface area contributed by atoms with Gasteiger partial charge in [-0.05, 0) is 60.1 Å². The van der Waals surface area contributed by atoms with E-state index in [1.165, 1.54) is 5.01 Å². The minimum Gasteiger partial charge on any atom is -0.395 e. The molecule has 12 heteroatoms. The summed E-state index contributed by atoms with van der Waals surface area (Å²) in [5.74, 6) is -1.39. The normalized spacial score (nSPS) is 22.5. The third-order valence-corrected chi connectivity index (χ3v) is 13.6. The molecule has 4 aromatic rings. The first kappa shape index (κ1) is 37.6. The standard InChI is InChI=1S/C42H44ClFN4O5Si/c1-28-40(54(2,3)44)37(25-39(51)46(21-22-49)26-29-11-6-4-7-12-29)53-42(28)34-24-32(43)17-19-36(34)47(41(42)52)27-30-13-10-16-33(23-30)48-38(50)20-18-35(45-48)31-14-8-5-9-15-31/h4-17,19,23-24,28,37,40,49H,18,20-22,25-27H2,1-3H3/t28-,37+,40-,42+/m1/s1. The summed E-state index contributed by atoms with van der Waals surface area (Å²) >= 11 is 6.58. The van der Waals surface area contributed by atoms with E-state index >= 15 is 4.11 Å². The van der Waals surface area contributed by atoms with E-state index in [2.05, 4.69) is 0 Å². The second-order valence-electron chi connectivity index (χ2n) is 14.8. The van der Waals surface area contributed by atoms with Crippen molar-refractivity contribution < 1.29 is 28.3 Å². The summed E-state index contributed by atoms with van der Waals surface area (Å²) in [5.41, 5.74) is 2.86. The number of carbonyl (C=O) groups is 3. The Balaban J connectivity index is 1.20. The van der Waals surface area contributed by atoms with Gasteiger partial charge >= 0.3 is 0 Å². The fourth-order valence-corrected chi connectivity index (χ4v) is 11.1. The molecule has 9 nitrogen and oxygen atoms in total. The Morgan fingerprint density at radius 3 is 2.39 bits per heavy atom. The Kier molecular flexibility index (Phi) is 10.6. The first-order chi connectivity index (χ1) is 25.9. The van der Waals surface area contributed by atoms with E-state index in [0.717, 1.165) is 22.4 Å². The molecule has 7 rings (SSSR count). The molecule has 0 aromatic heterocycles. The van der Waals surface area contributed by atoms with E-state index < -0.39 is 31.6 Å². The van der Waals surface area contributed by atoms with Crippen LogP contribution in [0.2, 0.25) is 23.7 Å². The Morgan fingerprint density at radius 2 is 1.69 bits per heavy atom. The highest BCUT2D eigenvalue weighted by Gasteiger charge is 2.67. The Bertz CT molecular complexity index is 2080. The fraction of sp³-hybridized carbons (Fsp3) is 0.333. The average Bonchev–Trinajstić information content (AvgIpc) is 3.58. The van der Waals surface area contributed by atoms with Crippen LogP contribution in [0.15, 0.2) is 108 Å².